The predicted molar refractivity (Wildman–Crippen MR) is 107 cm³/mol. The van der Waals surface area contributed by atoms with Gasteiger partial charge in [0, 0.05) is 5.92 Å². The van der Waals surface area contributed by atoms with Crippen molar-refractivity contribution in [1.29, 1.82) is 0 Å². The van der Waals surface area contributed by atoms with Crippen LogP contribution < -0.4 is 10.6 Å². The molecular weight excluding hydrogens is 356 g/mol. The maximum atomic E-state index is 12.4. The Balaban J connectivity index is 1.70. The van der Waals surface area contributed by atoms with Gasteiger partial charge < -0.3 is 20.5 Å². The van der Waals surface area contributed by atoms with E-state index in [1.165, 1.54) is 0 Å². The molecule has 0 heterocycles. The van der Waals surface area contributed by atoms with E-state index in [-0.39, 0.29) is 18.4 Å². The summed E-state index contributed by atoms with van der Waals surface area (Å²) in [5, 5.41) is 13.9. The summed E-state index contributed by atoms with van der Waals surface area (Å²) in [5.41, 5.74) is 4.58. The van der Waals surface area contributed by atoms with E-state index in [1.54, 1.807) is 0 Å². The maximum Gasteiger partial charge on any atom is 0.407 e. The molecule has 0 aromatic heterocycles. The first-order valence-corrected chi connectivity index (χ1v) is 9.56. The molecule has 2 aromatic carbocycles. The highest BCUT2D eigenvalue weighted by Crippen LogP contribution is 2.44. The Morgan fingerprint density at radius 3 is 2.18 bits per heavy atom. The fraction of sp³-hybridized carbons (Fsp3) is 0.364. The fourth-order valence-electron chi connectivity index (χ4n) is 3.66. The number of amides is 2. The van der Waals surface area contributed by atoms with Crippen molar-refractivity contribution >= 4 is 12.0 Å². The molecule has 1 aliphatic carbocycles. The van der Waals surface area contributed by atoms with Crippen LogP contribution in [0.5, 0.6) is 0 Å². The molecule has 2 amide bonds. The molecule has 0 saturated carbocycles. The molecule has 0 unspecified atom stereocenters. The van der Waals surface area contributed by atoms with Crippen molar-refractivity contribution in [3.05, 3.63) is 59.7 Å². The van der Waals surface area contributed by atoms with E-state index in [9.17, 15) is 9.59 Å². The van der Waals surface area contributed by atoms with Crippen LogP contribution in [0.25, 0.3) is 11.1 Å². The summed E-state index contributed by atoms with van der Waals surface area (Å²) in [5.74, 6) is -0.552. The number of alkyl carbamates (subject to hydrolysis) is 1. The maximum absolute atomic E-state index is 12.4. The predicted octanol–water partition coefficient (Wildman–Crippen LogP) is 3.01. The number of rotatable bonds is 7. The van der Waals surface area contributed by atoms with Crippen molar-refractivity contribution < 1.29 is 19.4 Å². The average Bonchev–Trinajstić information content (AvgIpc) is 3.04. The molecule has 148 valence electrons. The lowest BCUT2D eigenvalue weighted by molar-refractivity contribution is -0.125. The summed E-state index contributed by atoms with van der Waals surface area (Å²) >= 11 is 0. The lowest BCUT2D eigenvalue weighted by Gasteiger charge is -2.23. The highest BCUT2D eigenvalue weighted by molar-refractivity contribution is 5.86. The molecule has 0 saturated heterocycles. The molecule has 28 heavy (non-hydrogen) atoms. The van der Waals surface area contributed by atoms with E-state index in [2.05, 4.69) is 34.9 Å². The van der Waals surface area contributed by atoms with Crippen LogP contribution in [0, 0.1) is 5.92 Å². The minimum absolute atomic E-state index is 0.0357. The summed E-state index contributed by atoms with van der Waals surface area (Å²) in [6.45, 7) is 3.52. The number of ether oxygens (including phenoxy) is 1. The summed E-state index contributed by atoms with van der Waals surface area (Å²) in [7, 11) is 0. The third kappa shape index (κ3) is 4.02. The molecule has 1 aliphatic rings. The zero-order valence-corrected chi connectivity index (χ0v) is 16.1. The quantitative estimate of drug-likeness (QED) is 0.643. The first-order chi connectivity index (χ1) is 13.6. The molecule has 3 rings (SSSR count). The van der Waals surface area contributed by atoms with E-state index >= 15 is 0 Å². The monoisotopic (exact) mass is 382 g/mol. The van der Waals surface area contributed by atoms with Gasteiger partial charge >= 0.3 is 6.09 Å². The van der Waals surface area contributed by atoms with Crippen LogP contribution >= 0.6 is 0 Å². The second kappa shape index (κ2) is 8.89. The molecule has 0 bridgehead atoms. The van der Waals surface area contributed by atoms with E-state index in [0.717, 1.165) is 22.3 Å². The number of hydrogen-bond donors (Lipinski definition) is 3. The van der Waals surface area contributed by atoms with Gasteiger partial charge in [0.1, 0.15) is 19.4 Å². The molecule has 6 nitrogen and oxygen atoms in total. The number of fused-ring (bicyclic) bond motifs is 3. The number of benzene rings is 2. The number of hydrogen-bond acceptors (Lipinski definition) is 4. The highest BCUT2D eigenvalue weighted by Gasteiger charge is 2.30. The molecule has 2 aromatic rings. The van der Waals surface area contributed by atoms with Crippen LogP contribution in [0.1, 0.15) is 37.3 Å². The third-order valence-electron chi connectivity index (χ3n) is 5.37. The Morgan fingerprint density at radius 1 is 1.07 bits per heavy atom. The smallest absolute Gasteiger partial charge is 0.407 e. The van der Waals surface area contributed by atoms with Gasteiger partial charge in [-0.15, -0.1) is 0 Å². The van der Waals surface area contributed by atoms with Crippen LogP contribution in [0.4, 0.5) is 4.79 Å². The zero-order valence-electron chi connectivity index (χ0n) is 16.1. The standard InChI is InChI=1S/C22H26N2O4/c1-3-14(2)20(21(26)23-13-25)24-22(27)28-12-19-17-10-6-4-8-15(17)16-9-5-7-11-18(16)19/h4-11,14,19-20,25H,3,12-13H2,1-2H3,(H,23,26)(H,24,27)/t14-,20-/m0/s1. The Morgan fingerprint density at radius 2 is 1.64 bits per heavy atom. The van der Waals surface area contributed by atoms with Gasteiger partial charge in [-0.3, -0.25) is 4.79 Å². The SMILES string of the molecule is CC[C@H](C)[C@H](NC(=O)OCC1c2ccccc2-c2ccccc21)C(=O)NCO. The van der Waals surface area contributed by atoms with Crippen molar-refractivity contribution in [2.75, 3.05) is 13.3 Å². The summed E-state index contributed by atoms with van der Waals surface area (Å²) in [6.07, 6.45) is 0.0629. The first-order valence-electron chi connectivity index (χ1n) is 9.56. The second-order valence-electron chi connectivity index (χ2n) is 7.03. The number of aliphatic hydroxyl groups excluding tert-OH is 1. The van der Waals surface area contributed by atoms with E-state index < -0.39 is 24.8 Å². The molecule has 0 radical (unpaired) electrons. The highest BCUT2D eigenvalue weighted by atomic mass is 16.5. The minimum atomic E-state index is -0.757. The molecule has 2 atom stereocenters. The topological polar surface area (TPSA) is 87.7 Å². The largest absolute Gasteiger partial charge is 0.449 e. The summed E-state index contributed by atoms with van der Waals surface area (Å²) in [4.78, 5) is 24.5. The van der Waals surface area contributed by atoms with E-state index in [4.69, 9.17) is 9.84 Å². The fourth-order valence-corrected chi connectivity index (χ4v) is 3.66. The van der Waals surface area contributed by atoms with Crippen LogP contribution in [-0.4, -0.2) is 36.5 Å². The molecular formula is C22H26N2O4. The zero-order chi connectivity index (χ0) is 20.1. The van der Waals surface area contributed by atoms with E-state index in [0.29, 0.717) is 6.42 Å². The Labute approximate surface area is 164 Å². The van der Waals surface area contributed by atoms with Crippen molar-refractivity contribution in [3.63, 3.8) is 0 Å². The Hall–Kier alpha value is -2.86. The molecule has 0 aliphatic heterocycles. The normalized spacial score (nSPS) is 14.5. The van der Waals surface area contributed by atoms with Crippen LogP contribution in [-0.2, 0) is 9.53 Å². The van der Waals surface area contributed by atoms with Crippen LogP contribution in [0.3, 0.4) is 0 Å². The third-order valence-corrected chi connectivity index (χ3v) is 5.37. The Kier molecular flexibility index (Phi) is 6.31. The van der Waals surface area contributed by atoms with Crippen molar-refractivity contribution in [2.45, 2.75) is 32.2 Å². The number of nitrogens with one attached hydrogen (secondary N) is 2. The van der Waals surface area contributed by atoms with Gasteiger partial charge in [0.25, 0.3) is 0 Å². The molecule has 3 N–H and O–H groups in total. The number of carbonyl (C=O) groups is 2. The Bertz CT molecular complexity index is 806. The molecule has 6 heteroatoms. The van der Waals surface area contributed by atoms with E-state index in [1.807, 2.05) is 38.1 Å². The number of carbonyl (C=O) groups excluding carboxylic acids is 2. The second-order valence-corrected chi connectivity index (χ2v) is 7.03. The molecule has 0 spiro atoms. The minimum Gasteiger partial charge on any atom is -0.449 e. The lowest BCUT2D eigenvalue weighted by Crippen LogP contribution is -2.50. The summed E-state index contributed by atoms with van der Waals surface area (Å²) < 4.78 is 5.50. The van der Waals surface area contributed by atoms with Crippen molar-refractivity contribution in [3.8, 4) is 11.1 Å². The van der Waals surface area contributed by atoms with Crippen LogP contribution in [0.2, 0.25) is 0 Å². The van der Waals surface area contributed by atoms with Gasteiger partial charge in [0.05, 0.1) is 0 Å². The number of aliphatic hydroxyl groups is 1. The lowest BCUT2D eigenvalue weighted by atomic mass is 9.98. The summed E-state index contributed by atoms with van der Waals surface area (Å²) in [6, 6.07) is 15.5. The van der Waals surface area contributed by atoms with Gasteiger partial charge in [-0.25, -0.2) is 4.79 Å². The van der Waals surface area contributed by atoms with Gasteiger partial charge in [-0.05, 0) is 28.2 Å². The van der Waals surface area contributed by atoms with Gasteiger partial charge in [-0.2, -0.15) is 0 Å². The van der Waals surface area contributed by atoms with Gasteiger partial charge in [-0.1, -0.05) is 68.8 Å². The van der Waals surface area contributed by atoms with Crippen LogP contribution in [0.15, 0.2) is 48.5 Å². The van der Waals surface area contributed by atoms with Gasteiger partial charge in [0.2, 0.25) is 5.91 Å². The van der Waals surface area contributed by atoms with Crippen molar-refractivity contribution in [1.82, 2.24) is 10.6 Å². The van der Waals surface area contributed by atoms with Crippen molar-refractivity contribution in [2.24, 2.45) is 5.92 Å². The molecule has 0 fully saturated rings. The first kappa shape index (κ1) is 19.9. The van der Waals surface area contributed by atoms with Gasteiger partial charge in [0.15, 0.2) is 0 Å². The average molecular weight is 382 g/mol.